The van der Waals surface area contributed by atoms with Crippen molar-refractivity contribution >= 4 is 27.7 Å². The Morgan fingerprint density at radius 1 is 1.12 bits per heavy atom. The van der Waals surface area contributed by atoms with Gasteiger partial charge in [0.05, 0.1) is 24.3 Å². The zero-order valence-electron chi connectivity index (χ0n) is 18.1. The number of piperidine rings is 1. The Bertz CT molecular complexity index is 1100. The summed E-state index contributed by atoms with van der Waals surface area (Å²) >= 11 is 0. The van der Waals surface area contributed by atoms with Crippen LogP contribution in [0.15, 0.2) is 47.4 Å². The number of nitrogens with zero attached hydrogens (tertiary/aromatic N) is 1. The van der Waals surface area contributed by atoms with Crippen molar-refractivity contribution in [1.29, 1.82) is 0 Å². The molecule has 1 saturated heterocycles. The summed E-state index contributed by atoms with van der Waals surface area (Å²) in [5.74, 6) is -0.568. The molecule has 0 radical (unpaired) electrons. The van der Waals surface area contributed by atoms with E-state index in [9.17, 15) is 17.6 Å². The smallest absolute Gasteiger partial charge is 0.248 e. The van der Waals surface area contributed by atoms with Crippen molar-refractivity contribution in [2.45, 2.75) is 31.1 Å². The van der Waals surface area contributed by atoms with Crippen molar-refractivity contribution < 1.29 is 27.1 Å². The molecule has 0 aromatic heterocycles. The number of amides is 1. The summed E-state index contributed by atoms with van der Waals surface area (Å²) in [6.45, 7) is 3.11. The topological polar surface area (TPSA) is 84.9 Å². The molecule has 0 unspecified atom stereocenters. The molecule has 2 aromatic carbocycles. The Kier molecular flexibility index (Phi) is 7.87. The van der Waals surface area contributed by atoms with Gasteiger partial charge in [-0.25, -0.2) is 12.8 Å². The number of hydrogen-bond acceptors (Lipinski definition) is 5. The molecule has 1 heterocycles. The summed E-state index contributed by atoms with van der Waals surface area (Å²) < 4.78 is 51.7. The van der Waals surface area contributed by atoms with Crippen LogP contribution < -0.4 is 14.8 Å². The van der Waals surface area contributed by atoms with Gasteiger partial charge in [-0.2, -0.15) is 4.31 Å². The second kappa shape index (κ2) is 10.6. The van der Waals surface area contributed by atoms with Crippen molar-refractivity contribution in [2.24, 2.45) is 0 Å². The van der Waals surface area contributed by atoms with Gasteiger partial charge in [-0.15, -0.1) is 0 Å². The Morgan fingerprint density at radius 2 is 1.84 bits per heavy atom. The molecule has 9 heteroatoms. The summed E-state index contributed by atoms with van der Waals surface area (Å²) in [5.41, 5.74) is 0.727. The third-order valence-electron chi connectivity index (χ3n) is 5.06. The number of carbonyl (C=O) groups is 1. The fourth-order valence-corrected chi connectivity index (χ4v) is 4.98. The first-order valence-corrected chi connectivity index (χ1v) is 11.9. The average molecular weight is 463 g/mol. The summed E-state index contributed by atoms with van der Waals surface area (Å²) in [6.07, 6.45) is 5.36. The highest BCUT2D eigenvalue weighted by Gasteiger charge is 2.27. The monoisotopic (exact) mass is 462 g/mol. The Balaban J connectivity index is 1.81. The molecule has 1 N–H and O–H groups in total. The van der Waals surface area contributed by atoms with E-state index in [-0.39, 0.29) is 16.3 Å². The Labute approximate surface area is 187 Å². The fourth-order valence-electron chi connectivity index (χ4n) is 3.44. The van der Waals surface area contributed by atoms with Gasteiger partial charge in [-0.05, 0) is 61.7 Å². The van der Waals surface area contributed by atoms with E-state index in [1.54, 1.807) is 19.1 Å². The van der Waals surface area contributed by atoms with Crippen molar-refractivity contribution in [2.75, 3.05) is 32.1 Å². The first kappa shape index (κ1) is 23.7. The third-order valence-corrected chi connectivity index (χ3v) is 6.96. The quantitative estimate of drug-likeness (QED) is 0.598. The predicted molar refractivity (Wildman–Crippen MR) is 121 cm³/mol. The number of sulfonamides is 1. The minimum atomic E-state index is -3.66. The van der Waals surface area contributed by atoms with Crippen LogP contribution in [-0.2, 0) is 14.8 Å². The van der Waals surface area contributed by atoms with E-state index in [1.165, 1.54) is 47.8 Å². The van der Waals surface area contributed by atoms with Crippen LogP contribution in [0.2, 0.25) is 0 Å². The lowest BCUT2D eigenvalue weighted by Gasteiger charge is -2.26. The first-order valence-electron chi connectivity index (χ1n) is 10.4. The van der Waals surface area contributed by atoms with Crippen LogP contribution in [0.5, 0.6) is 11.5 Å². The summed E-state index contributed by atoms with van der Waals surface area (Å²) in [5, 5.41) is 2.67. The Hall–Kier alpha value is -2.91. The van der Waals surface area contributed by atoms with Crippen LogP contribution in [0.4, 0.5) is 10.1 Å². The molecule has 0 spiro atoms. The summed E-state index contributed by atoms with van der Waals surface area (Å²) in [4.78, 5) is 12.6. The minimum Gasteiger partial charge on any atom is -0.494 e. The number of halogens is 1. The van der Waals surface area contributed by atoms with Gasteiger partial charge < -0.3 is 14.8 Å². The van der Waals surface area contributed by atoms with Gasteiger partial charge in [0.25, 0.3) is 0 Å². The number of anilines is 1. The minimum absolute atomic E-state index is 0.0966. The van der Waals surface area contributed by atoms with Gasteiger partial charge in [0, 0.05) is 19.2 Å². The van der Waals surface area contributed by atoms with Crippen molar-refractivity contribution in [3.05, 3.63) is 53.9 Å². The van der Waals surface area contributed by atoms with Gasteiger partial charge in [0.2, 0.25) is 15.9 Å². The van der Waals surface area contributed by atoms with E-state index in [4.69, 9.17) is 9.47 Å². The normalized spacial score (nSPS) is 15.0. The standard InChI is InChI=1S/C23H27FN2O5S/c1-3-31-22-11-9-18(32(28,29)26-13-5-4-6-14-26)16-20(22)25-23(27)12-8-17-7-10-21(30-2)19(24)15-17/h7-12,15-16H,3-6,13-14H2,1-2H3,(H,25,27)/b12-8+. The molecular formula is C23H27FN2O5S. The van der Waals surface area contributed by atoms with Gasteiger partial charge in [0.1, 0.15) is 5.75 Å². The van der Waals surface area contributed by atoms with Crippen LogP contribution >= 0.6 is 0 Å². The SMILES string of the molecule is CCOc1ccc(S(=O)(=O)N2CCCCC2)cc1NC(=O)/C=C/c1ccc(OC)c(F)c1. The molecule has 0 aliphatic carbocycles. The van der Waals surface area contributed by atoms with E-state index in [1.807, 2.05) is 0 Å². The van der Waals surface area contributed by atoms with E-state index >= 15 is 0 Å². The van der Waals surface area contributed by atoms with Crippen LogP contribution in [0.1, 0.15) is 31.7 Å². The number of hydrogen-bond donors (Lipinski definition) is 1. The molecule has 0 bridgehead atoms. The molecule has 1 aliphatic heterocycles. The lowest BCUT2D eigenvalue weighted by Crippen LogP contribution is -2.35. The zero-order chi connectivity index (χ0) is 23.1. The summed E-state index contributed by atoms with van der Waals surface area (Å²) in [7, 11) is -2.29. The van der Waals surface area contributed by atoms with E-state index in [0.29, 0.717) is 31.0 Å². The average Bonchev–Trinajstić information content (AvgIpc) is 2.79. The maximum absolute atomic E-state index is 13.8. The van der Waals surface area contributed by atoms with Gasteiger partial charge in [-0.1, -0.05) is 12.5 Å². The van der Waals surface area contributed by atoms with Crippen LogP contribution in [-0.4, -0.2) is 45.4 Å². The van der Waals surface area contributed by atoms with Gasteiger partial charge in [-0.3, -0.25) is 4.79 Å². The van der Waals surface area contributed by atoms with E-state index < -0.39 is 21.7 Å². The summed E-state index contributed by atoms with van der Waals surface area (Å²) in [6, 6.07) is 8.77. The molecule has 3 rings (SSSR count). The maximum atomic E-state index is 13.8. The van der Waals surface area contributed by atoms with Crippen molar-refractivity contribution in [3.8, 4) is 11.5 Å². The van der Waals surface area contributed by atoms with Crippen LogP contribution in [0.3, 0.4) is 0 Å². The molecule has 1 fully saturated rings. The van der Waals surface area contributed by atoms with Crippen LogP contribution in [0, 0.1) is 5.82 Å². The highest BCUT2D eigenvalue weighted by Crippen LogP contribution is 2.30. The molecule has 172 valence electrons. The number of nitrogens with one attached hydrogen (secondary N) is 1. The molecule has 0 saturated carbocycles. The second-order valence-electron chi connectivity index (χ2n) is 7.27. The lowest BCUT2D eigenvalue weighted by molar-refractivity contribution is -0.111. The lowest BCUT2D eigenvalue weighted by atomic mass is 10.2. The first-order chi connectivity index (χ1) is 15.3. The van der Waals surface area contributed by atoms with Gasteiger partial charge in [0.15, 0.2) is 11.6 Å². The molecule has 7 nitrogen and oxygen atoms in total. The molecule has 32 heavy (non-hydrogen) atoms. The largest absolute Gasteiger partial charge is 0.494 e. The molecule has 1 amide bonds. The molecule has 1 aliphatic rings. The third kappa shape index (κ3) is 5.66. The van der Waals surface area contributed by atoms with Crippen LogP contribution in [0.25, 0.3) is 6.08 Å². The molecule has 0 atom stereocenters. The van der Waals surface area contributed by atoms with Crippen molar-refractivity contribution in [1.82, 2.24) is 4.31 Å². The molecule has 2 aromatic rings. The predicted octanol–water partition coefficient (Wildman–Crippen LogP) is 4.06. The van der Waals surface area contributed by atoms with Gasteiger partial charge >= 0.3 is 0 Å². The number of methoxy groups -OCH3 is 1. The highest BCUT2D eigenvalue weighted by atomic mass is 32.2. The highest BCUT2D eigenvalue weighted by molar-refractivity contribution is 7.89. The fraction of sp³-hybridized carbons (Fsp3) is 0.348. The second-order valence-corrected chi connectivity index (χ2v) is 9.21. The number of carbonyl (C=O) groups excluding carboxylic acids is 1. The van der Waals surface area contributed by atoms with E-state index in [2.05, 4.69) is 5.32 Å². The van der Waals surface area contributed by atoms with E-state index in [0.717, 1.165) is 19.3 Å². The Morgan fingerprint density at radius 3 is 2.50 bits per heavy atom. The zero-order valence-corrected chi connectivity index (χ0v) is 19.0. The van der Waals surface area contributed by atoms with Crippen molar-refractivity contribution in [3.63, 3.8) is 0 Å². The number of benzene rings is 2. The number of ether oxygens (including phenoxy) is 2. The molecular weight excluding hydrogens is 435 g/mol. The maximum Gasteiger partial charge on any atom is 0.248 e. The number of rotatable bonds is 8.